The summed E-state index contributed by atoms with van der Waals surface area (Å²) in [6.45, 7) is 6.18. The van der Waals surface area contributed by atoms with Crippen molar-refractivity contribution in [1.29, 1.82) is 0 Å². The number of thiazole rings is 1. The lowest BCUT2D eigenvalue weighted by Gasteiger charge is -2.35. The fourth-order valence-corrected chi connectivity index (χ4v) is 6.50. The normalized spacial score (nSPS) is 20.0. The maximum atomic E-state index is 15.8. The average molecular weight is 641 g/mol. The van der Waals surface area contributed by atoms with E-state index < -0.39 is 29.3 Å². The number of piperazine rings is 1. The van der Waals surface area contributed by atoms with Gasteiger partial charge in [0.25, 0.3) is 0 Å². The topological polar surface area (TPSA) is 124 Å². The van der Waals surface area contributed by atoms with Crippen molar-refractivity contribution >= 4 is 34.1 Å². The Kier molecular flexibility index (Phi) is 9.34. The number of halogens is 5. The van der Waals surface area contributed by atoms with Gasteiger partial charge in [0.15, 0.2) is 16.8 Å². The number of aliphatic carboxylic acids is 1. The molecule has 5 rings (SSSR count). The Balaban J connectivity index is 1.45. The maximum absolute atomic E-state index is 15.8. The van der Waals surface area contributed by atoms with E-state index in [0.717, 1.165) is 36.3 Å². The van der Waals surface area contributed by atoms with Gasteiger partial charge in [-0.2, -0.15) is 17.6 Å². The van der Waals surface area contributed by atoms with Crippen LogP contribution in [0.25, 0.3) is 11.3 Å². The minimum absolute atomic E-state index is 0.0165. The number of nitrogens with two attached hydrogens (primary N) is 1. The summed E-state index contributed by atoms with van der Waals surface area (Å²) in [5.41, 5.74) is 5.23. The number of rotatable bonds is 9. The second-order valence-corrected chi connectivity index (χ2v) is 12.1. The third-order valence-electron chi connectivity index (χ3n) is 7.88. The lowest BCUT2D eigenvalue weighted by atomic mass is 10.1. The molecule has 44 heavy (non-hydrogen) atoms. The Hall–Kier alpha value is -3.47. The molecule has 0 saturated carbocycles. The third-order valence-corrected chi connectivity index (χ3v) is 8.83. The number of carboxylic acids is 1. The predicted octanol–water partition coefficient (Wildman–Crippen LogP) is 4.81. The van der Waals surface area contributed by atoms with Crippen LogP contribution in [0.3, 0.4) is 0 Å². The molecular weight excluding hydrogens is 607 g/mol. The highest BCUT2D eigenvalue weighted by molar-refractivity contribution is 7.16. The molecule has 4 N–H and O–H groups in total. The number of anilines is 3. The predicted molar refractivity (Wildman–Crippen MR) is 156 cm³/mol. The lowest BCUT2D eigenvalue weighted by Crippen LogP contribution is -2.47. The van der Waals surface area contributed by atoms with Crippen LogP contribution in [0, 0.1) is 18.6 Å². The second-order valence-electron chi connectivity index (χ2n) is 11.0. The first-order valence-electron chi connectivity index (χ1n) is 14.2. The highest BCUT2D eigenvalue weighted by atomic mass is 32.1. The number of hydrogen-bond donors (Lipinski definition) is 3. The Morgan fingerprint density at radius 2 is 1.84 bits per heavy atom. The molecule has 3 aromatic rings. The second kappa shape index (κ2) is 12.9. The molecule has 2 saturated heterocycles. The van der Waals surface area contributed by atoms with Crippen LogP contribution in [-0.2, 0) is 17.5 Å². The van der Waals surface area contributed by atoms with Crippen LogP contribution in [0.1, 0.15) is 42.5 Å². The monoisotopic (exact) mass is 640 g/mol. The van der Waals surface area contributed by atoms with Gasteiger partial charge in [-0.05, 0) is 44.9 Å². The average Bonchev–Trinajstić information content (AvgIpc) is 3.51. The summed E-state index contributed by atoms with van der Waals surface area (Å²) < 4.78 is 70.9. The summed E-state index contributed by atoms with van der Waals surface area (Å²) in [6, 6.07) is 2.39. The molecule has 2 fully saturated rings. The summed E-state index contributed by atoms with van der Waals surface area (Å²) in [5, 5.41) is 12.0. The Labute approximate surface area is 254 Å². The van der Waals surface area contributed by atoms with Gasteiger partial charge in [-0.25, -0.2) is 19.3 Å². The molecule has 1 aromatic carbocycles. The number of hydrogen-bond acceptors (Lipinski definition) is 10. The number of nitrogens with one attached hydrogen (secondary N) is 1. The van der Waals surface area contributed by atoms with E-state index in [-0.39, 0.29) is 59.0 Å². The molecular formula is C28H33F5N8O2S. The van der Waals surface area contributed by atoms with E-state index in [1.165, 1.54) is 0 Å². The number of likely N-dealkylation sites (tertiary alicyclic amines) is 1. The van der Waals surface area contributed by atoms with Crippen molar-refractivity contribution in [2.75, 3.05) is 42.9 Å². The van der Waals surface area contributed by atoms with Crippen LogP contribution in [0.2, 0.25) is 0 Å². The molecule has 2 aliphatic rings. The zero-order valence-corrected chi connectivity index (χ0v) is 25.0. The fourth-order valence-electron chi connectivity index (χ4n) is 5.51. The molecule has 4 heterocycles. The van der Waals surface area contributed by atoms with Gasteiger partial charge in [-0.3, -0.25) is 14.6 Å². The van der Waals surface area contributed by atoms with Crippen LogP contribution in [0.5, 0.6) is 0 Å². The van der Waals surface area contributed by atoms with Crippen LogP contribution in [0.4, 0.5) is 38.7 Å². The van der Waals surface area contributed by atoms with E-state index in [9.17, 15) is 22.4 Å². The zero-order chi connectivity index (χ0) is 31.8. The van der Waals surface area contributed by atoms with Crippen molar-refractivity contribution in [2.24, 2.45) is 5.73 Å². The first kappa shape index (κ1) is 31.9. The van der Waals surface area contributed by atoms with Crippen LogP contribution in [0.15, 0.2) is 18.2 Å². The number of aromatic nitrogens is 3. The molecule has 10 nitrogen and oxygen atoms in total. The van der Waals surface area contributed by atoms with Gasteiger partial charge >= 0.3 is 12.1 Å². The Morgan fingerprint density at radius 1 is 1.11 bits per heavy atom. The molecule has 2 aromatic heterocycles. The SMILES string of the molecule is Cc1nc(Nc2nc(-c3cc(F)cc(C(F)(F)F)c3)c(CN3[C@H](C)CC[C@H]3N)s2)c(F)c(N2CCN(CCC(=O)O)CC2)n1. The molecule has 16 heteroatoms. The van der Waals surface area contributed by atoms with Crippen LogP contribution >= 0.6 is 11.3 Å². The molecule has 0 amide bonds. The van der Waals surface area contributed by atoms with Gasteiger partial charge in [-0.15, -0.1) is 0 Å². The van der Waals surface area contributed by atoms with Gasteiger partial charge in [0, 0.05) is 55.8 Å². The van der Waals surface area contributed by atoms with Gasteiger partial charge in [0.1, 0.15) is 11.6 Å². The maximum Gasteiger partial charge on any atom is 0.416 e. The van der Waals surface area contributed by atoms with Crippen LogP contribution < -0.4 is 16.0 Å². The van der Waals surface area contributed by atoms with Gasteiger partial charge < -0.3 is 21.1 Å². The summed E-state index contributed by atoms with van der Waals surface area (Å²) in [5.74, 6) is -2.47. The quantitative estimate of drug-likeness (QED) is 0.281. The first-order valence-corrected chi connectivity index (χ1v) is 15.0. The molecule has 0 spiro atoms. The van der Waals surface area contributed by atoms with Crippen molar-refractivity contribution in [2.45, 2.75) is 58.0 Å². The minimum Gasteiger partial charge on any atom is -0.481 e. The number of benzene rings is 1. The first-order chi connectivity index (χ1) is 20.8. The smallest absolute Gasteiger partial charge is 0.416 e. The molecule has 0 bridgehead atoms. The standard InChI is InChI=1S/C28H33F5N8O2S/c1-15-3-4-21(34)41(15)14-20-24(17-11-18(28(31,32)33)13-19(29)12-17)37-27(44-20)38-25-23(30)26(36-16(2)35-25)40-9-7-39(8-10-40)6-5-22(42)43/h11-13,15,21H,3-10,14,34H2,1-2H3,(H,42,43)(H,35,36,37,38)/t15-,21+/m1/s1. The summed E-state index contributed by atoms with van der Waals surface area (Å²) in [7, 11) is 0. The minimum atomic E-state index is -4.76. The van der Waals surface area contributed by atoms with Crippen molar-refractivity contribution in [3.05, 3.63) is 46.1 Å². The van der Waals surface area contributed by atoms with Crippen molar-refractivity contribution in [3.63, 3.8) is 0 Å². The van der Waals surface area contributed by atoms with Crippen molar-refractivity contribution in [3.8, 4) is 11.3 Å². The number of aryl methyl sites for hydroxylation is 1. The summed E-state index contributed by atoms with van der Waals surface area (Å²) in [6.07, 6.45) is -3.41. The number of carbonyl (C=O) groups is 1. The number of alkyl halides is 3. The summed E-state index contributed by atoms with van der Waals surface area (Å²) in [4.78, 5) is 30.2. The van der Waals surface area contributed by atoms with Crippen LogP contribution in [-0.4, -0.2) is 80.8 Å². The number of nitrogens with zero attached hydrogens (tertiary/aromatic N) is 6. The molecule has 238 valence electrons. The molecule has 0 aliphatic carbocycles. The van der Waals surface area contributed by atoms with Gasteiger partial charge in [0.2, 0.25) is 5.82 Å². The third kappa shape index (κ3) is 7.25. The summed E-state index contributed by atoms with van der Waals surface area (Å²) >= 11 is 1.10. The highest BCUT2D eigenvalue weighted by Crippen LogP contribution is 2.39. The fraction of sp³-hybridized carbons (Fsp3) is 0.500. The Bertz CT molecular complexity index is 1500. The largest absolute Gasteiger partial charge is 0.481 e. The molecule has 2 aliphatic heterocycles. The van der Waals surface area contributed by atoms with E-state index >= 15 is 4.39 Å². The van der Waals surface area contributed by atoms with E-state index in [1.54, 1.807) is 11.8 Å². The zero-order valence-electron chi connectivity index (χ0n) is 24.2. The lowest BCUT2D eigenvalue weighted by molar-refractivity contribution is -0.138. The number of carboxylic acid groups (broad SMARTS) is 1. The molecule has 0 radical (unpaired) electrons. The van der Waals surface area contributed by atoms with E-state index in [0.29, 0.717) is 43.7 Å². The van der Waals surface area contributed by atoms with E-state index in [4.69, 9.17) is 10.8 Å². The van der Waals surface area contributed by atoms with Crippen molar-refractivity contribution in [1.82, 2.24) is 24.8 Å². The highest BCUT2D eigenvalue weighted by Gasteiger charge is 2.33. The molecule has 0 unspecified atom stereocenters. The van der Waals surface area contributed by atoms with E-state index in [1.807, 2.05) is 16.7 Å². The van der Waals surface area contributed by atoms with E-state index in [2.05, 4.69) is 20.3 Å². The Morgan fingerprint density at radius 3 is 2.48 bits per heavy atom. The van der Waals surface area contributed by atoms with Gasteiger partial charge in [0.05, 0.1) is 23.8 Å². The van der Waals surface area contributed by atoms with Gasteiger partial charge in [-0.1, -0.05) is 11.3 Å². The molecule has 2 atom stereocenters. The van der Waals surface area contributed by atoms with Crippen molar-refractivity contribution < 1.29 is 31.9 Å².